The van der Waals surface area contributed by atoms with Crippen molar-refractivity contribution in [1.29, 1.82) is 0 Å². The molecule has 6 nitrogen and oxygen atoms in total. The average Bonchev–Trinajstić information content (AvgIpc) is 2.56. The Labute approximate surface area is 148 Å². The molecule has 3 N–H and O–H groups in total. The van der Waals surface area contributed by atoms with Gasteiger partial charge in [0.1, 0.15) is 0 Å². The lowest BCUT2D eigenvalue weighted by molar-refractivity contribution is -0.143. The molecule has 0 saturated heterocycles. The molecule has 1 saturated carbocycles. The van der Waals surface area contributed by atoms with E-state index in [4.69, 9.17) is 5.11 Å². The second-order valence-electron chi connectivity index (χ2n) is 7.11. The third-order valence-electron chi connectivity index (χ3n) is 4.42. The van der Waals surface area contributed by atoms with Crippen molar-refractivity contribution in [3.8, 4) is 0 Å². The summed E-state index contributed by atoms with van der Waals surface area (Å²) in [5.41, 5.74) is 1.33. The maximum Gasteiger partial charge on any atom is 0.306 e. The van der Waals surface area contributed by atoms with Gasteiger partial charge in [0.25, 0.3) is 0 Å². The van der Waals surface area contributed by atoms with Crippen LogP contribution in [0.2, 0.25) is 0 Å². The molecule has 25 heavy (non-hydrogen) atoms. The van der Waals surface area contributed by atoms with Crippen molar-refractivity contribution in [2.24, 2.45) is 17.8 Å². The fourth-order valence-corrected chi connectivity index (χ4v) is 3.12. The number of benzene rings is 1. The van der Waals surface area contributed by atoms with Crippen molar-refractivity contribution in [1.82, 2.24) is 0 Å². The Balaban J connectivity index is 1.89. The summed E-state index contributed by atoms with van der Waals surface area (Å²) in [4.78, 5) is 35.2. The Morgan fingerprint density at radius 3 is 2.16 bits per heavy atom. The van der Waals surface area contributed by atoms with Crippen LogP contribution in [-0.4, -0.2) is 22.9 Å². The molecule has 0 bridgehead atoms. The van der Waals surface area contributed by atoms with E-state index in [0.29, 0.717) is 36.6 Å². The largest absolute Gasteiger partial charge is 0.481 e. The Morgan fingerprint density at radius 1 is 1.04 bits per heavy atom. The highest BCUT2D eigenvalue weighted by atomic mass is 16.4. The molecule has 136 valence electrons. The van der Waals surface area contributed by atoms with Crippen molar-refractivity contribution in [2.45, 2.75) is 46.0 Å². The number of hydrogen-bond acceptors (Lipinski definition) is 3. The van der Waals surface area contributed by atoms with Gasteiger partial charge in [0.2, 0.25) is 11.8 Å². The second-order valence-corrected chi connectivity index (χ2v) is 7.11. The van der Waals surface area contributed by atoms with Crippen LogP contribution in [0.3, 0.4) is 0 Å². The third-order valence-corrected chi connectivity index (χ3v) is 4.42. The van der Waals surface area contributed by atoms with Crippen LogP contribution < -0.4 is 10.6 Å². The molecule has 1 aliphatic carbocycles. The summed E-state index contributed by atoms with van der Waals surface area (Å²) in [5.74, 6) is -1.39. The topological polar surface area (TPSA) is 95.5 Å². The summed E-state index contributed by atoms with van der Waals surface area (Å²) in [7, 11) is 0. The minimum atomic E-state index is -0.820. The molecular formula is C19H26N2O4. The Morgan fingerprint density at radius 2 is 1.60 bits per heavy atom. The normalized spacial score (nSPS) is 20.1. The average molecular weight is 346 g/mol. The molecule has 0 aromatic heterocycles. The van der Waals surface area contributed by atoms with Gasteiger partial charge in [-0.1, -0.05) is 20.3 Å². The van der Waals surface area contributed by atoms with Gasteiger partial charge in [-0.3, -0.25) is 14.4 Å². The van der Waals surface area contributed by atoms with Gasteiger partial charge in [0, 0.05) is 23.7 Å². The van der Waals surface area contributed by atoms with Gasteiger partial charge in [-0.25, -0.2) is 0 Å². The molecule has 0 heterocycles. The number of carbonyl (C=O) groups is 3. The predicted octanol–water partition coefficient (Wildman–Crippen LogP) is 3.50. The maximum atomic E-state index is 12.3. The number of anilines is 2. The van der Waals surface area contributed by atoms with E-state index >= 15 is 0 Å². The van der Waals surface area contributed by atoms with E-state index in [1.165, 1.54) is 0 Å². The summed E-state index contributed by atoms with van der Waals surface area (Å²) in [5, 5.41) is 14.8. The minimum absolute atomic E-state index is 0.0336. The molecule has 0 spiro atoms. The highest BCUT2D eigenvalue weighted by molar-refractivity contribution is 5.94. The smallest absolute Gasteiger partial charge is 0.306 e. The quantitative estimate of drug-likeness (QED) is 0.734. The lowest BCUT2D eigenvalue weighted by Crippen LogP contribution is -2.30. The van der Waals surface area contributed by atoms with Crippen LogP contribution in [0.4, 0.5) is 11.4 Å². The predicted molar refractivity (Wildman–Crippen MR) is 96.2 cm³/mol. The van der Waals surface area contributed by atoms with Crippen LogP contribution in [0.1, 0.15) is 46.0 Å². The molecule has 1 aliphatic rings. The minimum Gasteiger partial charge on any atom is -0.481 e. The molecule has 1 fully saturated rings. The number of nitrogens with one attached hydrogen (secondary N) is 2. The van der Waals surface area contributed by atoms with Crippen LogP contribution in [-0.2, 0) is 14.4 Å². The number of carboxylic acid groups (broad SMARTS) is 1. The molecule has 1 aromatic carbocycles. The number of amides is 2. The first-order valence-electron chi connectivity index (χ1n) is 8.78. The molecule has 6 heteroatoms. The lowest BCUT2D eigenvalue weighted by atomic mass is 9.81. The standard InChI is InChI=1S/C19H26N2O4/c1-12(2)10-17(22)20-15-6-8-16(9-7-15)21-18(23)13-4-3-5-14(11-13)19(24)25/h6-9,12-14H,3-5,10-11H2,1-2H3,(H,20,22)(H,21,23)(H,24,25). The van der Waals surface area contributed by atoms with Crippen molar-refractivity contribution < 1.29 is 19.5 Å². The van der Waals surface area contributed by atoms with E-state index in [2.05, 4.69) is 10.6 Å². The van der Waals surface area contributed by atoms with E-state index in [0.717, 1.165) is 12.8 Å². The first kappa shape index (κ1) is 19.0. The first-order valence-corrected chi connectivity index (χ1v) is 8.78. The summed E-state index contributed by atoms with van der Waals surface area (Å²) in [6.45, 7) is 3.97. The summed E-state index contributed by atoms with van der Waals surface area (Å²) >= 11 is 0. The third kappa shape index (κ3) is 5.89. The highest BCUT2D eigenvalue weighted by Crippen LogP contribution is 2.30. The number of rotatable bonds is 6. The fraction of sp³-hybridized carbons (Fsp3) is 0.526. The van der Waals surface area contributed by atoms with Crippen LogP contribution >= 0.6 is 0 Å². The molecule has 2 atom stereocenters. The van der Waals surface area contributed by atoms with E-state index < -0.39 is 11.9 Å². The lowest BCUT2D eigenvalue weighted by Gasteiger charge is -2.25. The molecule has 2 amide bonds. The van der Waals surface area contributed by atoms with Gasteiger partial charge in [-0.05, 0) is 49.4 Å². The molecule has 1 aromatic rings. The molecule has 2 rings (SSSR count). The van der Waals surface area contributed by atoms with E-state index in [-0.39, 0.29) is 17.7 Å². The molecule has 0 aliphatic heterocycles. The number of hydrogen-bond donors (Lipinski definition) is 3. The fourth-order valence-electron chi connectivity index (χ4n) is 3.12. The second kappa shape index (κ2) is 8.65. The number of carbonyl (C=O) groups excluding carboxylic acids is 2. The van der Waals surface area contributed by atoms with Gasteiger partial charge < -0.3 is 15.7 Å². The van der Waals surface area contributed by atoms with E-state index in [1.54, 1.807) is 24.3 Å². The van der Waals surface area contributed by atoms with Crippen molar-refractivity contribution in [2.75, 3.05) is 10.6 Å². The SMILES string of the molecule is CC(C)CC(=O)Nc1ccc(NC(=O)C2CCCC(C(=O)O)C2)cc1. The van der Waals surface area contributed by atoms with E-state index in [1.807, 2.05) is 13.8 Å². The van der Waals surface area contributed by atoms with Crippen LogP contribution in [0.5, 0.6) is 0 Å². The molecule has 2 unspecified atom stereocenters. The van der Waals surface area contributed by atoms with E-state index in [9.17, 15) is 14.4 Å². The van der Waals surface area contributed by atoms with Crippen LogP contribution in [0, 0.1) is 17.8 Å². The van der Waals surface area contributed by atoms with Gasteiger partial charge in [0.05, 0.1) is 5.92 Å². The van der Waals surface area contributed by atoms with Crippen molar-refractivity contribution in [3.05, 3.63) is 24.3 Å². The van der Waals surface area contributed by atoms with Crippen LogP contribution in [0.25, 0.3) is 0 Å². The van der Waals surface area contributed by atoms with Gasteiger partial charge in [-0.2, -0.15) is 0 Å². The monoisotopic (exact) mass is 346 g/mol. The molecule has 0 radical (unpaired) electrons. The van der Waals surface area contributed by atoms with Crippen molar-refractivity contribution >= 4 is 29.2 Å². The van der Waals surface area contributed by atoms with Gasteiger partial charge in [0.15, 0.2) is 0 Å². The Hall–Kier alpha value is -2.37. The first-order chi connectivity index (χ1) is 11.8. The zero-order valence-corrected chi connectivity index (χ0v) is 14.7. The number of aliphatic carboxylic acids is 1. The van der Waals surface area contributed by atoms with Crippen molar-refractivity contribution in [3.63, 3.8) is 0 Å². The summed E-state index contributed by atoms with van der Waals surface area (Å²) in [6.07, 6.45) is 2.98. The summed E-state index contributed by atoms with van der Waals surface area (Å²) in [6, 6.07) is 6.96. The Kier molecular flexibility index (Phi) is 6.56. The summed E-state index contributed by atoms with van der Waals surface area (Å²) < 4.78 is 0. The number of carboxylic acids is 1. The van der Waals surface area contributed by atoms with Gasteiger partial charge >= 0.3 is 5.97 Å². The van der Waals surface area contributed by atoms with Gasteiger partial charge in [-0.15, -0.1) is 0 Å². The zero-order chi connectivity index (χ0) is 18.4. The Bertz CT molecular complexity index is 625. The maximum absolute atomic E-state index is 12.3. The molecular weight excluding hydrogens is 320 g/mol. The van der Waals surface area contributed by atoms with Crippen LogP contribution in [0.15, 0.2) is 24.3 Å². The zero-order valence-electron chi connectivity index (χ0n) is 14.7. The highest BCUT2D eigenvalue weighted by Gasteiger charge is 2.30.